The second-order valence-corrected chi connectivity index (χ2v) is 7.54. The highest BCUT2D eigenvalue weighted by molar-refractivity contribution is 6.14. The highest BCUT2D eigenvalue weighted by Crippen LogP contribution is 2.31. The van der Waals surface area contributed by atoms with Gasteiger partial charge in [0.05, 0.1) is 31.0 Å². The molecule has 0 amide bonds. The number of nitrogens with zero attached hydrogens (tertiary/aromatic N) is 1. The van der Waals surface area contributed by atoms with Crippen LogP contribution in [0.4, 0.5) is 0 Å². The number of rotatable bonds is 5. The Hall–Kier alpha value is -4.25. The monoisotopic (exact) mass is 437 g/mol. The fourth-order valence-corrected chi connectivity index (χ4v) is 3.83. The second kappa shape index (κ2) is 9.49. The topological polar surface area (TPSA) is 65.5 Å². The number of aromatic nitrogens is 1. The van der Waals surface area contributed by atoms with Crippen LogP contribution in [0.5, 0.6) is 0 Å². The van der Waals surface area contributed by atoms with E-state index in [9.17, 15) is 9.59 Å². The maximum atomic E-state index is 13.0. The van der Waals surface area contributed by atoms with E-state index >= 15 is 0 Å². The van der Waals surface area contributed by atoms with Gasteiger partial charge in [-0.2, -0.15) is 0 Å². The standard InChI is InChI=1S/C28H23NO4/c1-18-14-15-23-22(16-18)25(27(30)32-2)26(28(31)33-3)24(29-23)17-21(19-10-6-4-7-11-19)20-12-8-5-9-13-20/h4-17H,1-3H3. The van der Waals surface area contributed by atoms with Gasteiger partial charge in [0.1, 0.15) is 5.56 Å². The van der Waals surface area contributed by atoms with Crippen LogP contribution < -0.4 is 0 Å². The van der Waals surface area contributed by atoms with Crippen LogP contribution in [0, 0.1) is 6.92 Å². The molecule has 0 unspecified atom stereocenters. The van der Waals surface area contributed by atoms with E-state index in [1.807, 2.05) is 91.9 Å². The lowest BCUT2D eigenvalue weighted by molar-refractivity contribution is 0.0556. The molecule has 164 valence electrons. The zero-order chi connectivity index (χ0) is 23.4. The molecule has 0 radical (unpaired) electrons. The minimum Gasteiger partial charge on any atom is -0.465 e. The summed E-state index contributed by atoms with van der Waals surface area (Å²) in [5.41, 5.74) is 4.83. The summed E-state index contributed by atoms with van der Waals surface area (Å²) in [5, 5.41) is 0.542. The van der Waals surface area contributed by atoms with Crippen LogP contribution in [0.3, 0.4) is 0 Å². The van der Waals surface area contributed by atoms with Crippen LogP contribution in [-0.2, 0) is 9.47 Å². The summed E-state index contributed by atoms with van der Waals surface area (Å²) < 4.78 is 10.1. The lowest BCUT2D eigenvalue weighted by Gasteiger charge is -2.15. The van der Waals surface area contributed by atoms with E-state index in [0.717, 1.165) is 22.3 Å². The molecule has 0 N–H and O–H groups in total. The molecule has 0 saturated heterocycles. The average molecular weight is 437 g/mol. The molecule has 0 aliphatic rings. The van der Waals surface area contributed by atoms with Crippen molar-refractivity contribution < 1.29 is 19.1 Å². The molecule has 0 aliphatic heterocycles. The first-order chi connectivity index (χ1) is 16.0. The van der Waals surface area contributed by atoms with Crippen molar-refractivity contribution in [3.8, 4) is 0 Å². The number of fused-ring (bicyclic) bond motifs is 1. The van der Waals surface area contributed by atoms with Crippen molar-refractivity contribution in [2.24, 2.45) is 0 Å². The van der Waals surface area contributed by atoms with Crippen LogP contribution in [0.2, 0.25) is 0 Å². The molecule has 0 saturated carbocycles. The fraction of sp³-hybridized carbons (Fsp3) is 0.107. The van der Waals surface area contributed by atoms with Gasteiger partial charge in [0, 0.05) is 5.39 Å². The number of carbonyl (C=O) groups is 2. The van der Waals surface area contributed by atoms with Gasteiger partial charge in [0.2, 0.25) is 0 Å². The molecule has 0 aliphatic carbocycles. The summed E-state index contributed by atoms with van der Waals surface area (Å²) in [7, 11) is 2.58. The summed E-state index contributed by atoms with van der Waals surface area (Å²) >= 11 is 0. The van der Waals surface area contributed by atoms with Crippen LogP contribution in [-0.4, -0.2) is 31.1 Å². The molecule has 5 nitrogen and oxygen atoms in total. The first-order valence-electron chi connectivity index (χ1n) is 10.5. The van der Waals surface area contributed by atoms with Gasteiger partial charge in [-0.25, -0.2) is 14.6 Å². The SMILES string of the molecule is COC(=O)c1c(C=C(c2ccccc2)c2ccccc2)nc2ccc(C)cc2c1C(=O)OC. The predicted octanol–water partition coefficient (Wildman–Crippen LogP) is 5.71. The largest absolute Gasteiger partial charge is 0.465 e. The Balaban J connectivity index is 2.11. The number of esters is 2. The van der Waals surface area contributed by atoms with Crippen molar-refractivity contribution >= 4 is 34.5 Å². The highest BCUT2D eigenvalue weighted by atomic mass is 16.5. The summed E-state index contributed by atoms with van der Waals surface area (Å²) in [4.78, 5) is 30.6. The summed E-state index contributed by atoms with van der Waals surface area (Å²) in [6, 6.07) is 25.2. The third-order valence-corrected chi connectivity index (χ3v) is 5.40. The average Bonchev–Trinajstić information content (AvgIpc) is 2.86. The van der Waals surface area contributed by atoms with E-state index in [-0.39, 0.29) is 11.1 Å². The highest BCUT2D eigenvalue weighted by Gasteiger charge is 2.26. The molecule has 4 rings (SSSR count). The predicted molar refractivity (Wildman–Crippen MR) is 129 cm³/mol. The zero-order valence-corrected chi connectivity index (χ0v) is 18.7. The summed E-state index contributed by atoms with van der Waals surface area (Å²) in [6.07, 6.45) is 1.82. The quantitative estimate of drug-likeness (QED) is 0.375. The minimum atomic E-state index is -0.655. The Bertz CT molecular complexity index is 1320. The van der Waals surface area contributed by atoms with Crippen molar-refractivity contribution in [1.82, 2.24) is 4.98 Å². The first kappa shape index (κ1) is 22.0. The van der Waals surface area contributed by atoms with Crippen molar-refractivity contribution in [1.29, 1.82) is 0 Å². The van der Waals surface area contributed by atoms with Crippen LogP contribution in [0.25, 0.3) is 22.6 Å². The van der Waals surface area contributed by atoms with Gasteiger partial charge in [0.25, 0.3) is 0 Å². The number of methoxy groups -OCH3 is 2. The van der Waals surface area contributed by atoms with E-state index in [1.165, 1.54) is 14.2 Å². The zero-order valence-electron chi connectivity index (χ0n) is 18.7. The molecule has 1 heterocycles. The number of hydrogen-bond donors (Lipinski definition) is 0. The minimum absolute atomic E-state index is 0.0758. The van der Waals surface area contributed by atoms with Crippen LogP contribution in [0.15, 0.2) is 78.9 Å². The molecule has 5 heteroatoms. The van der Waals surface area contributed by atoms with E-state index in [0.29, 0.717) is 16.6 Å². The third kappa shape index (κ3) is 4.39. The third-order valence-electron chi connectivity index (χ3n) is 5.40. The molecular formula is C28H23NO4. The summed E-state index contributed by atoms with van der Waals surface area (Å²) in [5.74, 6) is -1.28. The number of aryl methyl sites for hydroxylation is 1. The summed E-state index contributed by atoms with van der Waals surface area (Å²) in [6.45, 7) is 1.91. The molecule has 3 aromatic carbocycles. The van der Waals surface area contributed by atoms with Gasteiger partial charge < -0.3 is 9.47 Å². The van der Waals surface area contributed by atoms with Gasteiger partial charge in [-0.1, -0.05) is 72.3 Å². The number of ether oxygens (including phenoxy) is 2. The molecule has 0 fully saturated rings. The fourth-order valence-electron chi connectivity index (χ4n) is 3.83. The Labute approximate surface area is 192 Å². The van der Waals surface area contributed by atoms with Gasteiger partial charge in [0.15, 0.2) is 0 Å². The molecule has 0 atom stereocenters. The number of pyridine rings is 1. The maximum absolute atomic E-state index is 13.0. The van der Waals surface area contributed by atoms with Gasteiger partial charge in [-0.3, -0.25) is 0 Å². The number of benzene rings is 3. The van der Waals surface area contributed by atoms with Crippen molar-refractivity contribution in [3.63, 3.8) is 0 Å². The lowest BCUT2D eigenvalue weighted by Crippen LogP contribution is -2.16. The number of carbonyl (C=O) groups excluding carboxylic acids is 2. The molecule has 33 heavy (non-hydrogen) atoms. The van der Waals surface area contributed by atoms with Gasteiger partial charge in [-0.15, -0.1) is 0 Å². The molecule has 4 aromatic rings. The van der Waals surface area contributed by atoms with Crippen LogP contribution >= 0.6 is 0 Å². The van der Waals surface area contributed by atoms with Gasteiger partial charge >= 0.3 is 11.9 Å². The van der Waals surface area contributed by atoms with E-state index in [1.54, 1.807) is 0 Å². The van der Waals surface area contributed by atoms with Crippen molar-refractivity contribution in [3.05, 3.63) is 112 Å². The molecular weight excluding hydrogens is 414 g/mol. The lowest BCUT2D eigenvalue weighted by atomic mass is 9.93. The van der Waals surface area contributed by atoms with Crippen LogP contribution in [0.1, 0.15) is 43.1 Å². The normalized spacial score (nSPS) is 10.5. The van der Waals surface area contributed by atoms with Crippen molar-refractivity contribution in [2.45, 2.75) is 6.92 Å². The molecule has 1 aromatic heterocycles. The Morgan fingerprint density at radius 1 is 0.758 bits per heavy atom. The maximum Gasteiger partial charge on any atom is 0.340 e. The van der Waals surface area contributed by atoms with E-state index in [4.69, 9.17) is 14.5 Å². The Morgan fingerprint density at radius 2 is 1.30 bits per heavy atom. The smallest absolute Gasteiger partial charge is 0.340 e. The van der Waals surface area contributed by atoms with Crippen molar-refractivity contribution in [2.75, 3.05) is 14.2 Å². The van der Waals surface area contributed by atoms with E-state index < -0.39 is 11.9 Å². The molecule has 0 bridgehead atoms. The van der Waals surface area contributed by atoms with Gasteiger partial charge in [-0.05, 0) is 41.8 Å². The Kier molecular flexibility index (Phi) is 6.31. The Morgan fingerprint density at radius 3 is 1.85 bits per heavy atom. The molecule has 0 spiro atoms. The first-order valence-corrected chi connectivity index (χ1v) is 10.5. The van der Waals surface area contributed by atoms with E-state index in [2.05, 4.69) is 0 Å². The number of hydrogen-bond acceptors (Lipinski definition) is 5. The second-order valence-electron chi connectivity index (χ2n) is 7.54.